The molecule has 3 amide bonds. The predicted octanol–water partition coefficient (Wildman–Crippen LogP) is 2.02. The van der Waals surface area contributed by atoms with Crippen LogP contribution in [-0.2, 0) is 9.59 Å². The van der Waals surface area contributed by atoms with Gasteiger partial charge in [-0.05, 0) is 37.1 Å². The molecule has 6 nitrogen and oxygen atoms in total. The molecule has 0 atom stereocenters. The summed E-state index contributed by atoms with van der Waals surface area (Å²) in [7, 11) is 0. The molecule has 0 spiro atoms. The molecule has 0 aromatic heterocycles. The van der Waals surface area contributed by atoms with Crippen LogP contribution in [0.2, 0.25) is 0 Å². The standard InChI is InChI=1S/C18H25N3O3/c1-13(2)17(23)20-15-8-6-14(7-9-15)18(24)19-10-4-12-21-11-3-5-16(21)22/h6-9,13H,3-5,10-12H2,1-2H3,(H,19,24)(H,20,23). The lowest BCUT2D eigenvalue weighted by Gasteiger charge is -2.15. The molecular weight excluding hydrogens is 306 g/mol. The number of amides is 3. The van der Waals surface area contributed by atoms with Crippen molar-refractivity contribution >= 4 is 23.4 Å². The van der Waals surface area contributed by atoms with E-state index in [1.165, 1.54) is 0 Å². The predicted molar refractivity (Wildman–Crippen MR) is 92.7 cm³/mol. The van der Waals surface area contributed by atoms with Crippen molar-refractivity contribution in [1.29, 1.82) is 0 Å². The van der Waals surface area contributed by atoms with Crippen molar-refractivity contribution in [1.82, 2.24) is 10.2 Å². The van der Waals surface area contributed by atoms with Crippen LogP contribution in [0.3, 0.4) is 0 Å². The Labute approximate surface area is 142 Å². The third-order valence-corrected chi connectivity index (χ3v) is 4.00. The number of nitrogens with one attached hydrogen (secondary N) is 2. The molecule has 0 bridgehead atoms. The molecular formula is C18H25N3O3. The molecule has 1 aromatic rings. The molecule has 0 radical (unpaired) electrons. The van der Waals surface area contributed by atoms with Crippen LogP contribution < -0.4 is 10.6 Å². The van der Waals surface area contributed by atoms with Crippen LogP contribution in [0.1, 0.15) is 43.5 Å². The number of hydrogen-bond donors (Lipinski definition) is 2. The van der Waals surface area contributed by atoms with Crippen LogP contribution in [0, 0.1) is 5.92 Å². The van der Waals surface area contributed by atoms with Crippen molar-refractivity contribution in [2.24, 2.45) is 5.92 Å². The van der Waals surface area contributed by atoms with Gasteiger partial charge >= 0.3 is 0 Å². The summed E-state index contributed by atoms with van der Waals surface area (Å²) in [5.74, 6) is -0.0797. The lowest BCUT2D eigenvalue weighted by molar-refractivity contribution is -0.127. The van der Waals surface area contributed by atoms with Crippen molar-refractivity contribution in [3.8, 4) is 0 Å². The van der Waals surface area contributed by atoms with Crippen LogP contribution in [0.25, 0.3) is 0 Å². The quantitative estimate of drug-likeness (QED) is 0.750. The molecule has 24 heavy (non-hydrogen) atoms. The number of anilines is 1. The van der Waals surface area contributed by atoms with Gasteiger partial charge in [-0.25, -0.2) is 0 Å². The fraction of sp³-hybridized carbons (Fsp3) is 0.500. The molecule has 0 saturated carbocycles. The monoisotopic (exact) mass is 331 g/mol. The maximum absolute atomic E-state index is 12.1. The summed E-state index contributed by atoms with van der Waals surface area (Å²) in [6.45, 7) is 5.71. The van der Waals surface area contributed by atoms with Gasteiger partial charge in [-0.3, -0.25) is 14.4 Å². The molecule has 130 valence electrons. The number of benzene rings is 1. The number of rotatable bonds is 7. The Balaban J connectivity index is 1.74. The second-order valence-electron chi connectivity index (χ2n) is 6.32. The first-order chi connectivity index (χ1) is 11.5. The van der Waals surface area contributed by atoms with E-state index in [2.05, 4.69) is 10.6 Å². The van der Waals surface area contributed by atoms with E-state index in [9.17, 15) is 14.4 Å². The summed E-state index contributed by atoms with van der Waals surface area (Å²) >= 11 is 0. The minimum atomic E-state index is -0.149. The van der Waals surface area contributed by atoms with Gasteiger partial charge in [-0.15, -0.1) is 0 Å². The molecule has 1 heterocycles. The number of hydrogen-bond acceptors (Lipinski definition) is 3. The summed E-state index contributed by atoms with van der Waals surface area (Å²) in [5, 5.41) is 5.64. The number of carbonyl (C=O) groups is 3. The van der Waals surface area contributed by atoms with E-state index in [1.807, 2.05) is 18.7 Å². The van der Waals surface area contributed by atoms with E-state index < -0.39 is 0 Å². The third kappa shape index (κ3) is 5.08. The second-order valence-corrected chi connectivity index (χ2v) is 6.32. The Morgan fingerprint density at radius 2 is 1.92 bits per heavy atom. The van der Waals surface area contributed by atoms with Gasteiger partial charge in [0.05, 0.1) is 0 Å². The van der Waals surface area contributed by atoms with Crippen molar-refractivity contribution in [3.63, 3.8) is 0 Å². The highest BCUT2D eigenvalue weighted by molar-refractivity contribution is 5.96. The molecule has 1 aliphatic rings. The SMILES string of the molecule is CC(C)C(=O)Nc1ccc(C(=O)NCCCN2CCCC2=O)cc1. The minimum Gasteiger partial charge on any atom is -0.352 e. The molecule has 6 heteroatoms. The maximum Gasteiger partial charge on any atom is 0.251 e. The van der Waals surface area contributed by atoms with Gasteiger partial charge in [-0.2, -0.15) is 0 Å². The first-order valence-electron chi connectivity index (χ1n) is 8.44. The van der Waals surface area contributed by atoms with Crippen LogP contribution >= 0.6 is 0 Å². The zero-order chi connectivity index (χ0) is 17.5. The summed E-state index contributed by atoms with van der Waals surface area (Å²) in [4.78, 5) is 37.0. The number of nitrogens with zero attached hydrogens (tertiary/aromatic N) is 1. The van der Waals surface area contributed by atoms with Gasteiger partial charge in [0.25, 0.3) is 5.91 Å². The van der Waals surface area contributed by atoms with Gasteiger partial charge in [-0.1, -0.05) is 13.8 Å². The summed E-state index contributed by atoms with van der Waals surface area (Å²) in [6.07, 6.45) is 2.33. The first kappa shape index (κ1) is 18.0. The first-order valence-corrected chi connectivity index (χ1v) is 8.44. The molecule has 1 aliphatic heterocycles. The van der Waals surface area contributed by atoms with E-state index in [0.29, 0.717) is 30.8 Å². The minimum absolute atomic E-state index is 0.0522. The Morgan fingerprint density at radius 1 is 1.21 bits per heavy atom. The normalized spacial score (nSPS) is 14.1. The van der Waals surface area contributed by atoms with Crippen molar-refractivity contribution in [2.45, 2.75) is 33.1 Å². The zero-order valence-electron chi connectivity index (χ0n) is 14.3. The highest BCUT2D eigenvalue weighted by Crippen LogP contribution is 2.11. The molecule has 1 saturated heterocycles. The van der Waals surface area contributed by atoms with E-state index >= 15 is 0 Å². The van der Waals surface area contributed by atoms with E-state index in [0.717, 1.165) is 19.4 Å². The van der Waals surface area contributed by atoms with Gasteiger partial charge < -0.3 is 15.5 Å². The number of carbonyl (C=O) groups excluding carboxylic acids is 3. The Kier molecular flexibility index (Phi) is 6.35. The summed E-state index contributed by atoms with van der Waals surface area (Å²) < 4.78 is 0. The van der Waals surface area contributed by atoms with Crippen LogP contribution in [0.15, 0.2) is 24.3 Å². The van der Waals surface area contributed by atoms with E-state index in [1.54, 1.807) is 24.3 Å². The van der Waals surface area contributed by atoms with Gasteiger partial charge in [0.15, 0.2) is 0 Å². The number of likely N-dealkylation sites (tertiary alicyclic amines) is 1. The van der Waals surface area contributed by atoms with Crippen LogP contribution in [-0.4, -0.2) is 42.3 Å². The summed E-state index contributed by atoms with van der Waals surface area (Å²) in [6, 6.07) is 6.82. The lowest BCUT2D eigenvalue weighted by Crippen LogP contribution is -2.30. The zero-order valence-corrected chi connectivity index (χ0v) is 14.3. The topological polar surface area (TPSA) is 78.5 Å². The fourth-order valence-corrected chi connectivity index (χ4v) is 2.51. The molecule has 2 rings (SSSR count). The van der Waals surface area contributed by atoms with Gasteiger partial charge in [0, 0.05) is 43.2 Å². The third-order valence-electron chi connectivity index (χ3n) is 4.00. The fourth-order valence-electron chi connectivity index (χ4n) is 2.51. The molecule has 0 aliphatic carbocycles. The second kappa shape index (κ2) is 8.47. The molecule has 0 unspecified atom stereocenters. The smallest absolute Gasteiger partial charge is 0.251 e. The molecule has 2 N–H and O–H groups in total. The van der Waals surface area contributed by atoms with Crippen LogP contribution in [0.5, 0.6) is 0 Å². The van der Waals surface area contributed by atoms with Gasteiger partial charge in [0.1, 0.15) is 0 Å². The summed E-state index contributed by atoms with van der Waals surface area (Å²) in [5.41, 5.74) is 1.23. The highest BCUT2D eigenvalue weighted by atomic mass is 16.2. The Hall–Kier alpha value is -2.37. The van der Waals surface area contributed by atoms with E-state index in [-0.39, 0.29) is 23.6 Å². The highest BCUT2D eigenvalue weighted by Gasteiger charge is 2.19. The van der Waals surface area contributed by atoms with Crippen molar-refractivity contribution in [2.75, 3.05) is 25.0 Å². The average Bonchev–Trinajstić information content (AvgIpc) is 2.97. The van der Waals surface area contributed by atoms with Crippen molar-refractivity contribution < 1.29 is 14.4 Å². The van der Waals surface area contributed by atoms with Crippen LogP contribution in [0.4, 0.5) is 5.69 Å². The largest absolute Gasteiger partial charge is 0.352 e. The Bertz CT molecular complexity index is 596. The van der Waals surface area contributed by atoms with Crippen molar-refractivity contribution in [3.05, 3.63) is 29.8 Å². The van der Waals surface area contributed by atoms with Gasteiger partial charge in [0.2, 0.25) is 11.8 Å². The lowest BCUT2D eigenvalue weighted by atomic mass is 10.1. The van der Waals surface area contributed by atoms with E-state index in [4.69, 9.17) is 0 Å². The maximum atomic E-state index is 12.1. The average molecular weight is 331 g/mol. The molecule has 1 aromatic carbocycles. The Morgan fingerprint density at radius 3 is 2.50 bits per heavy atom. The molecule has 1 fully saturated rings.